The van der Waals surface area contributed by atoms with E-state index in [1.54, 1.807) is 25.1 Å². The van der Waals surface area contributed by atoms with E-state index in [9.17, 15) is 9.59 Å². The third kappa shape index (κ3) is 1.34. The molecule has 1 N–H and O–H groups in total. The van der Waals surface area contributed by atoms with E-state index in [0.29, 0.717) is 11.3 Å². The zero-order valence-corrected chi connectivity index (χ0v) is 8.42. The highest BCUT2D eigenvalue weighted by atomic mass is 16.2. The van der Waals surface area contributed by atoms with Gasteiger partial charge >= 0.3 is 0 Å². The molecule has 16 heavy (non-hydrogen) atoms. The minimum Gasteiger partial charge on any atom is -0.318 e. The lowest BCUT2D eigenvalue weighted by molar-refractivity contribution is -0.112. The van der Waals surface area contributed by atoms with Crippen molar-refractivity contribution in [2.24, 2.45) is 0 Å². The molecule has 0 radical (unpaired) electrons. The van der Waals surface area contributed by atoms with Gasteiger partial charge < -0.3 is 5.32 Å². The van der Waals surface area contributed by atoms with Crippen LogP contribution in [-0.4, -0.2) is 11.7 Å². The number of ketones is 1. The van der Waals surface area contributed by atoms with Gasteiger partial charge in [-0.05, 0) is 24.5 Å². The lowest BCUT2D eigenvalue weighted by Crippen LogP contribution is -2.13. The second-order valence-corrected chi connectivity index (χ2v) is 3.33. The van der Waals surface area contributed by atoms with Crippen molar-refractivity contribution in [3.05, 3.63) is 28.8 Å². The van der Waals surface area contributed by atoms with Gasteiger partial charge in [0.1, 0.15) is 0 Å². The summed E-state index contributed by atoms with van der Waals surface area (Å²) in [6.45, 7) is 1.78. The van der Waals surface area contributed by atoms with E-state index in [1.807, 2.05) is 0 Å². The Morgan fingerprint density at radius 2 is 2.06 bits per heavy atom. The molecule has 0 atom stereocenters. The summed E-state index contributed by atoms with van der Waals surface area (Å²) in [5.74, 6) is 3.58. The van der Waals surface area contributed by atoms with Crippen molar-refractivity contribution in [3.8, 4) is 17.9 Å². The number of rotatable bonds is 0. The molecular formula is C12H6N2O2. The zero-order chi connectivity index (χ0) is 11.7. The van der Waals surface area contributed by atoms with Crippen molar-refractivity contribution in [3.63, 3.8) is 0 Å². The molecule has 0 fully saturated rings. The molecule has 1 aromatic rings. The normalized spacial score (nSPS) is 12.2. The van der Waals surface area contributed by atoms with Gasteiger partial charge in [-0.25, -0.2) is 0 Å². The van der Waals surface area contributed by atoms with Crippen LogP contribution in [0.3, 0.4) is 0 Å². The Morgan fingerprint density at radius 1 is 1.31 bits per heavy atom. The molecule has 0 saturated heterocycles. The molecule has 0 unspecified atom stereocenters. The van der Waals surface area contributed by atoms with Gasteiger partial charge in [0.2, 0.25) is 0 Å². The molecule has 1 aliphatic rings. The number of amides is 1. The summed E-state index contributed by atoms with van der Waals surface area (Å²) in [4.78, 5) is 22.8. The average molecular weight is 210 g/mol. The van der Waals surface area contributed by atoms with Gasteiger partial charge in [0, 0.05) is 11.5 Å². The highest BCUT2D eigenvalue weighted by molar-refractivity contribution is 6.52. The van der Waals surface area contributed by atoms with Crippen molar-refractivity contribution in [1.29, 1.82) is 5.26 Å². The monoisotopic (exact) mass is 210 g/mol. The first-order valence-electron chi connectivity index (χ1n) is 4.54. The molecule has 4 heteroatoms. The van der Waals surface area contributed by atoms with E-state index in [0.717, 1.165) is 5.56 Å². The average Bonchev–Trinajstić information content (AvgIpc) is 2.55. The molecule has 0 aromatic heterocycles. The third-order valence-corrected chi connectivity index (χ3v) is 2.34. The topological polar surface area (TPSA) is 70.0 Å². The van der Waals surface area contributed by atoms with Crippen LogP contribution in [0.5, 0.6) is 0 Å². The van der Waals surface area contributed by atoms with Crippen LogP contribution < -0.4 is 5.32 Å². The Morgan fingerprint density at radius 3 is 2.75 bits per heavy atom. The first kappa shape index (κ1) is 9.95. The number of aryl methyl sites for hydroxylation is 1. The van der Waals surface area contributed by atoms with Crippen molar-refractivity contribution >= 4 is 17.4 Å². The second-order valence-electron chi connectivity index (χ2n) is 3.33. The van der Waals surface area contributed by atoms with Gasteiger partial charge in [0.05, 0.1) is 11.3 Å². The third-order valence-electron chi connectivity index (χ3n) is 2.34. The molecule has 2 rings (SSSR count). The number of benzene rings is 1. The fraction of sp³-hybridized carbons (Fsp3) is 0.0833. The Labute approximate surface area is 91.9 Å². The highest BCUT2D eigenvalue weighted by Crippen LogP contribution is 2.28. The van der Waals surface area contributed by atoms with E-state index < -0.39 is 11.7 Å². The number of nitriles is 1. The van der Waals surface area contributed by atoms with Crippen LogP contribution in [0.15, 0.2) is 12.1 Å². The smallest absolute Gasteiger partial charge is 0.296 e. The van der Waals surface area contributed by atoms with Crippen LogP contribution in [-0.2, 0) is 4.79 Å². The van der Waals surface area contributed by atoms with Gasteiger partial charge in [-0.2, -0.15) is 5.26 Å². The fourth-order valence-corrected chi connectivity index (χ4v) is 1.59. The van der Waals surface area contributed by atoms with Crippen LogP contribution in [0.2, 0.25) is 0 Å². The predicted octanol–water partition coefficient (Wildman–Crippen LogP) is 1.00. The van der Waals surface area contributed by atoms with Crippen LogP contribution in [0, 0.1) is 30.1 Å². The van der Waals surface area contributed by atoms with Crippen molar-refractivity contribution in [2.75, 3.05) is 5.32 Å². The zero-order valence-electron chi connectivity index (χ0n) is 8.42. The van der Waals surface area contributed by atoms with E-state index in [2.05, 4.69) is 17.2 Å². The quantitative estimate of drug-likeness (QED) is 0.513. The minimum atomic E-state index is -0.652. The molecule has 1 amide bonds. The first-order chi connectivity index (χ1) is 7.65. The lowest BCUT2D eigenvalue weighted by Gasteiger charge is -2.02. The minimum absolute atomic E-state index is 0.271. The highest BCUT2D eigenvalue weighted by Gasteiger charge is 2.30. The molecule has 1 aliphatic heterocycles. The van der Waals surface area contributed by atoms with E-state index in [4.69, 9.17) is 5.26 Å². The van der Waals surface area contributed by atoms with Crippen molar-refractivity contribution < 1.29 is 9.59 Å². The Hall–Kier alpha value is -2.59. The summed E-state index contributed by atoms with van der Waals surface area (Å²) in [6.07, 6.45) is 0. The summed E-state index contributed by atoms with van der Waals surface area (Å²) in [5, 5.41) is 10.8. The van der Waals surface area contributed by atoms with Crippen molar-refractivity contribution in [2.45, 2.75) is 6.92 Å². The Bertz CT molecular complexity index is 612. The Balaban J connectivity index is 2.72. The van der Waals surface area contributed by atoms with Crippen LogP contribution in [0.25, 0.3) is 0 Å². The standard InChI is InChI=1S/C12H6N2O2/c1-7-4-5-9-10(8(7)3-2-6-13)11(15)12(16)14-9/h4-5H,1H3,(H,14,15,16). The number of carbonyl (C=O) groups is 2. The van der Waals surface area contributed by atoms with Gasteiger partial charge in [-0.15, -0.1) is 0 Å². The maximum Gasteiger partial charge on any atom is 0.296 e. The summed E-state index contributed by atoms with van der Waals surface area (Å²) in [5.41, 5.74) is 1.95. The lowest BCUT2D eigenvalue weighted by atomic mass is 9.99. The largest absolute Gasteiger partial charge is 0.318 e. The second kappa shape index (κ2) is 3.52. The first-order valence-corrected chi connectivity index (χ1v) is 4.54. The molecule has 4 nitrogen and oxygen atoms in total. The number of nitrogens with one attached hydrogen (secondary N) is 1. The van der Waals surface area contributed by atoms with Gasteiger partial charge in [-0.1, -0.05) is 6.07 Å². The van der Waals surface area contributed by atoms with E-state index in [1.165, 1.54) is 0 Å². The number of fused-ring (bicyclic) bond motifs is 1. The molecule has 0 bridgehead atoms. The SMILES string of the molecule is Cc1ccc2c(c1C#CC#N)C(=O)C(=O)N2. The summed E-state index contributed by atoms with van der Waals surface area (Å²) in [7, 11) is 0. The van der Waals surface area contributed by atoms with Crippen LogP contribution in [0.1, 0.15) is 21.5 Å². The summed E-state index contributed by atoms with van der Waals surface area (Å²) in [6, 6.07) is 5.09. The molecule has 0 aliphatic carbocycles. The molecule has 0 saturated carbocycles. The molecule has 1 heterocycles. The maximum absolute atomic E-state index is 11.6. The van der Waals surface area contributed by atoms with Crippen LogP contribution in [0.4, 0.5) is 5.69 Å². The fourth-order valence-electron chi connectivity index (χ4n) is 1.59. The summed E-state index contributed by atoms with van der Waals surface area (Å²) >= 11 is 0. The summed E-state index contributed by atoms with van der Waals surface area (Å²) < 4.78 is 0. The van der Waals surface area contributed by atoms with E-state index >= 15 is 0 Å². The molecule has 0 spiro atoms. The van der Waals surface area contributed by atoms with Gasteiger partial charge in [0.15, 0.2) is 6.07 Å². The number of Topliss-reactive ketones (excluding diaryl/α,β-unsaturated/α-hetero) is 1. The molecule has 76 valence electrons. The number of hydrogen-bond acceptors (Lipinski definition) is 3. The van der Waals surface area contributed by atoms with E-state index in [-0.39, 0.29) is 5.56 Å². The van der Waals surface area contributed by atoms with Gasteiger partial charge in [-0.3, -0.25) is 9.59 Å². The van der Waals surface area contributed by atoms with Crippen molar-refractivity contribution in [1.82, 2.24) is 0 Å². The van der Waals surface area contributed by atoms with Crippen LogP contribution >= 0.6 is 0 Å². The van der Waals surface area contributed by atoms with Gasteiger partial charge in [0.25, 0.3) is 11.7 Å². The number of hydrogen-bond donors (Lipinski definition) is 1. The number of nitrogens with zero attached hydrogens (tertiary/aromatic N) is 1. The Kier molecular flexibility index (Phi) is 2.19. The molecule has 1 aromatic carbocycles. The number of carbonyl (C=O) groups excluding carboxylic acids is 2. The maximum atomic E-state index is 11.6. The number of anilines is 1. The predicted molar refractivity (Wildman–Crippen MR) is 56.6 cm³/mol. The molecular weight excluding hydrogens is 204 g/mol.